The number of hydrogen-bond donors (Lipinski definition) is 1. The van der Waals surface area contributed by atoms with Crippen LogP contribution in [0.25, 0.3) is 0 Å². The van der Waals surface area contributed by atoms with Gasteiger partial charge in [-0.25, -0.2) is 4.79 Å². The Labute approximate surface area is 165 Å². The summed E-state index contributed by atoms with van der Waals surface area (Å²) in [7, 11) is 0. The summed E-state index contributed by atoms with van der Waals surface area (Å²) >= 11 is 0. The standard InChI is InChI=1S/C25H36O2/c1-19(17-23(26)27)12-16-25(14-6-7-15-25)18-20(2)10-11-22-21(3)9-8-13-24(22,4)5/h10-12,16-18H,6-9,13-15H2,1-5H3,(H,26,27)/b11-10+,16-12+,19-17+,20-18+. The average molecular weight is 369 g/mol. The van der Waals surface area contributed by atoms with E-state index in [0.29, 0.717) is 0 Å². The lowest BCUT2D eigenvalue weighted by Gasteiger charge is -2.33. The largest absolute Gasteiger partial charge is 0.478 e. The van der Waals surface area contributed by atoms with E-state index >= 15 is 0 Å². The lowest BCUT2D eigenvalue weighted by molar-refractivity contribution is -0.131. The maximum atomic E-state index is 10.8. The first kappa shape index (κ1) is 21.5. The Balaban J connectivity index is 2.22. The van der Waals surface area contributed by atoms with Crippen LogP contribution in [-0.2, 0) is 4.79 Å². The summed E-state index contributed by atoms with van der Waals surface area (Å²) in [5, 5.41) is 8.91. The molecule has 1 N–H and O–H groups in total. The van der Waals surface area contributed by atoms with E-state index in [-0.39, 0.29) is 10.8 Å². The van der Waals surface area contributed by atoms with Crippen LogP contribution in [0, 0.1) is 10.8 Å². The molecule has 27 heavy (non-hydrogen) atoms. The van der Waals surface area contributed by atoms with Crippen molar-refractivity contribution in [3.05, 3.63) is 58.7 Å². The highest BCUT2D eigenvalue weighted by atomic mass is 16.4. The molecule has 0 aliphatic heterocycles. The van der Waals surface area contributed by atoms with Gasteiger partial charge >= 0.3 is 5.97 Å². The van der Waals surface area contributed by atoms with Gasteiger partial charge in [-0.3, -0.25) is 0 Å². The highest BCUT2D eigenvalue weighted by molar-refractivity contribution is 5.81. The molecule has 2 rings (SSSR count). The minimum Gasteiger partial charge on any atom is -0.478 e. The van der Waals surface area contributed by atoms with Crippen molar-refractivity contribution in [2.45, 2.75) is 79.6 Å². The van der Waals surface area contributed by atoms with Crippen molar-refractivity contribution < 1.29 is 9.90 Å². The van der Waals surface area contributed by atoms with Gasteiger partial charge in [-0.15, -0.1) is 0 Å². The van der Waals surface area contributed by atoms with E-state index in [0.717, 1.165) is 18.4 Å². The highest BCUT2D eigenvalue weighted by Gasteiger charge is 2.29. The molecule has 2 aliphatic carbocycles. The summed E-state index contributed by atoms with van der Waals surface area (Å²) in [6.45, 7) is 11.0. The molecule has 0 aromatic carbocycles. The van der Waals surface area contributed by atoms with Crippen molar-refractivity contribution in [2.75, 3.05) is 0 Å². The maximum absolute atomic E-state index is 10.8. The molecule has 2 heteroatoms. The fourth-order valence-electron chi connectivity index (χ4n) is 4.66. The van der Waals surface area contributed by atoms with Gasteiger partial charge in [-0.1, -0.05) is 68.2 Å². The first-order valence-electron chi connectivity index (χ1n) is 10.3. The Morgan fingerprint density at radius 1 is 1.00 bits per heavy atom. The molecule has 0 amide bonds. The second-order valence-electron chi connectivity index (χ2n) is 9.15. The maximum Gasteiger partial charge on any atom is 0.328 e. The van der Waals surface area contributed by atoms with Crippen molar-refractivity contribution in [1.82, 2.24) is 0 Å². The first-order chi connectivity index (χ1) is 12.6. The van der Waals surface area contributed by atoms with Gasteiger partial charge in [0, 0.05) is 11.5 Å². The lowest BCUT2D eigenvalue weighted by Crippen LogP contribution is -2.19. The molecule has 1 saturated carbocycles. The molecule has 1 fully saturated rings. The second-order valence-corrected chi connectivity index (χ2v) is 9.15. The summed E-state index contributed by atoms with van der Waals surface area (Å²) in [4.78, 5) is 10.8. The monoisotopic (exact) mass is 368 g/mol. The van der Waals surface area contributed by atoms with Gasteiger partial charge in [-0.05, 0) is 69.4 Å². The first-order valence-corrected chi connectivity index (χ1v) is 10.3. The van der Waals surface area contributed by atoms with E-state index in [9.17, 15) is 4.79 Å². The Kier molecular flexibility index (Phi) is 7.08. The molecule has 0 saturated heterocycles. The van der Waals surface area contributed by atoms with Gasteiger partial charge in [0.1, 0.15) is 0 Å². The van der Waals surface area contributed by atoms with Gasteiger partial charge < -0.3 is 5.11 Å². The number of carbonyl (C=O) groups is 1. The molecule has 0 aromatic rings. The molecule has 0 radical (unpaired) electrons. The van der Waals surface area contributed by atoms with Crippen LogP contribution in [-0.4, -0.2) is 11.1 Å². The van der Waals surface area contributed by atoms with Crippen LogP contribution in [0.1, 0.15) is 79.6 Å². The van der Waals surface area contributed by atoms with Gasteiger partial charge in [0.2, 0.25) is 0 Å². The summed E-state index contributed by atoms with van der Waals surface area (Å²) in [6.07, 6.45) is 21.0. The third-order valence-electron chi connectivity index (χ3n) is 6.13. The zero-order chi connectivity index (χ0) is 20.1. The van der Waals surface area contributed by atoms with Crippen molar-refractivity contribution in [3.8, 4) is 0 Å². The fourth-order valence-corrected chi connectivity index (χ4v) is 4.66. The minimum absolute atomic E-state index is 0.0630. The number of carboxylic acids is 1. The number of allylic oxidation sites excluding steroid dienone is 9. The van der Waals surface area contributed by atoms with Gasteiger partial charge in [0.05, 0.1) is 0 Å². The van der Waals surface area contributed by atoms with Gasteiger partial charge in [0.15, 0.2) is 0 Å². The SMILES string of the molecule is CC1=C(/C=C/C(C)=C/C2(/C=C/C(C)=C/C(=O)O)CCCC2)C(C)(C)CCC1. The normalized spacial score (nSPS) is 23.6. The molecule has 148 valence electrons. The van der Waals surface area contributed by atoms with Crippen molar-refractivity contribution in [2.24, 2.45) is 10.8 Å². The van der Waals surface area contributed by atoms with Crippen LogP contribution in [0.15, 0.2) is 58.7 Å². The molecule has 2 nitrogen and oxygen atoms in total. The molecule has 0 aromatic heterocycles. The van der Waals surface area contributed by atoms with Crippen LogP contribution in [0.5, 0.6) is 0 Å². The number of carboxylic acid groups (broad SMARTS) is 1. The van der Waals surface area contributed by atoms with Crippen molar-refractivity contribution in [3.63, 3.8) is 0 Å². The van der Waals surface area contributed by atoms with Crippen LogP contribution < -0.4 is 0 Å². The van der Waals surface area contributed by atoms with Crippen LogP contribution in [0.2, 0.25) is 0 Å². The molecule has 0 spiro atoms. The summed E-state index contributed by atoms with van der Waals surface area (Å²) < 4.78 is 0. The zero-order valence-corrected chi connectivity index (χ0v) is 17.8. The molecular weight excluding hydrogens is 332 g/mol. The van der Waals surface area contributed by atoms with Crippen LogP contribution in [0.3, 0.4) is 0 Å². The quantitative estimate of drug-likeness (QED) is 0.399. The predicted molar refractivity (Wildman–Crippen MR) is 115 cm³/mol. The summed E-state index contributed by atoms with van der Waals surface area (Å²) in [6, 6.07) is 0. The van der Waals surface area contributed by atoms with E-state index in [1.165, 1.54) is 54.9 Å². The molecule has 0 heterocycles. The zero-order valence-electron chi connectivity index (χ0n) is 17.8. The molecular formula is C25H36O2. The summed E-state index contributed by atoms with van der Waals surface area (Å²) in [5.74, 6) is -0.883. The van der Waals surface area contributed by atoms with E-state index in [1.807, 2.05) is 13.0 Å². The average Bonchev–Trinajstić information content (AvgIpc) is 3.00. The Morgan fingerprint density at radius 2 is 1.67 bits per heavy atom. The topological polar surface area (TPSA) is 37.3 Å². The number of hydrogen-bond acceptors (Lipinski definition) is 1. The van der Waals surface area contributed by atoms with Crippen molar-refractivity contribution in [1.29, 1.82) is 0 Å². The van der Waals surface area contributed by atoms with Crippen LogP contribution >= 0.6 is 0 Å². The minimum atomic E-state index is -0.883. The number of rotatable bonds is 6. The van der Waals surface area contributed by atoms with Gasteiger partial charge in [0.25, 0.3) is 0 Å². The Hall–Kier alpha value is -1.83. The molecule has 0 bridgehead atoms. The van der Waals surface area contributed by atoms with Gasteiger partial charge in [-0.2, -0.15) is 0 Å². The molecule has 0 unspecified atom stereocenters. The van der Waals surface area contributed by atoms with E-state index < -0.39 is 5.97 Å². The van der Waals surface area contributed by atoms with E-state index in [1.54, 1.807) is 0 Å². The third kappa shape index (κ3) is 6.09. The summed E-state index contributed by atoms with van der Waals surface area (Å²) in [5.41, 5.74) is 5.44. The van der Waals surface area contributed by atoms with E-state index in [2.05, 4.69) is 52.0 Å². The lowest BCUT2D eigenvalue weighted by atomic mass is 9.72. The third-order valence-corrected chi connectivity index (χ3v) is 6.13. The number of aliphatic carboxylic acids is 1. The van der Waals surface area contributed by atoms with Crippen molar-refractivity contribution >= 4 is 5.97 Å². The highest BCUT2D eigenvalue weighted by Crippen LogP contribution is 2.43. The Bertz CT molecular complexity index is 705. The molecule has 2 aliphatic rings. The second kappa shape index (κ2) is 8.91. The smallest absolute Gasteiger partial charge is 0.328 e. The predicted octanol–water partition coefficient (Wildman–Crippen LogP) is 7.16. The Morgan fingerprint density at radius 3 is 2.26 bits per heavy atom. The fraction of sp³-hybridized carbons (Fsp3) is 0.560. The molecule has 0 atom stereocenters. The van der Waals surface area contributed by atoms with Crippen LogP contribution in [0.4, 0.5) is 0 Å². The van der Waals surface area contributed by atoms with E-state index in [4.69, 9.17) is 5.11 Å².